The monoisotopic (exact) mass is 474 g/mol. The predicted molar refractivity (Wildman–Crippen MR) is 118 cm³/mol. The zero-order chi connectivity index (χ0) is 23.6. The van der Waals surface area contributed by atoms with Gasteiger partial charge in [0.2, 0.25) is 5.88 Å². The maximum atomic E-state index is 13.9. The Morgan fingerprint density at radius 3 is 2.48 bits per heavy atom. The van der Waals surface area contributed by atoms with E-state index in [1.165, 1.54) is 11.7 Å². The average Bonchev–Trinajstić information content (AvgIpc) is 3.13. The Bertz CT molecular complexity index is 1290. The lowest BCUT2D eigenvalue weighted by molar-refractivity contribution is -0.136. The molecule has 0 saturated carbocycles. The van der Waals surface area contributed by atoms with Crippen molar-refractivity contribution in [3.05, 3.63) is 76.8 Å². The second-order valence-electron chi connectivity index (χ2n) is 7.23. The van der Waals surface area contributed by atoms with Gasteiger partial charge in [-0.2, -0.15) is 23.3 Å². The zero-order valence-corrected chi connectivity index (χ0v) is 18.1. The Balaban J connectivity index is 1.58. The number of alkyl halides is 3. The van der Waals surface area contributed by atoms with E-state index in [0.717, 1.165) is 11.6 Å². The highest BCUT2D eigenvalue weighted by atomic mass is 35.5. The number of pyridine rings is 1. The van der Waals surface area contributed by atoms with Crippen molar-refractivity contribution >= 4 is 28.5 Å². The van der Waals surface area contributed by atoms with Crippen LogP contribution in [0.3, 0.4) is 0 Å². The molecule has 1 amide bonds. The van der Waals surface area contributed by atoms with Crippen LogP contribution in [0.4, 0.5) is 13.2 Å². The highest BCUT2D eigenvalue weighted by Gasteiger charge is 2.36. The van der Waals surface area contributed by atoms with E-state index in [4.69, 9.17) is 16.3 Å². The Labute approximate surface area is 192 Å². The number of nitrogens with one attached hydrogen (secondary N) is 1. The van der Waals surface area contributed by atoms with Crippen LogP contribution in [-0.2, 0) is 24.6 Å². The van der Waals surface area contributed by atoms with Crippen molar-refractivity contribution in [2.45, 2.75) is 12.7 Å². The molecule has 0 saturated heterocycles. The van der Waals surface area contributed by atoms with Gasteiger partial charge in [-0.3, -0.25) is 4.79 Å². The SMILES string of the molecule is Cn1nc(-c2ccccc2)c2c(C(F)(F)F)cc(OCC(=O)NCc3ccc(Cl)cc3)nc21. The summed E-state index contributed by atoms with van der Waals surface area (Å²) >= 11 is 5.83. The summed E-state index contributed by atoms with van der Waals surface area (Å²) in [5.41, 5.74) is 0.581. The molecule has 33 heavy (non-hydrogen) atoms. The van der Waals surface area contributed by atoms with Crippen molar-refractivity contribution in [2.75, 3.05) is 6.61 Å². The minimum Gasteiger partial charge on any atom is -0.467 e. The quantitative estimate of drug-likeness (QED) is 0.427. The number of fused-ring (bicyclic) bond motifs is 1. The Hall–Kier alpha value is -3.59. The number of ether oxygens (including phenoxy) is 1. The fourth-order valence-corrected chi connectivity index (χ4v) is 3.44. The number of hydrogen-bond acceptors (Lipinski definition) is 4. The summed E-state index contributed by atoms with van der Waals surface area (Å²) in [7, 11) is 1.50. The summed E-state index contributed by atoms with van der Waals surface area (Å²) in [6.07, 6.45) is -4.68. The van der Waals surface area contributed by atoms with Crippen molar-refractivity contribution in [1.29, 1.82) is 0 Å². The molecule has 0 aliphatic carbocycles. The summed E-state index contributed by atoms with van der Waals surface area (Å²) in [5, 5.41) is 7.32. The first kappa shape index (κ1) is 22.6. The highest BCUT2D eigenvalue weighted by molar-refractivity contribution is 6.30. The van der Waals surface area contributed by atoms with Crippen LogP contribution in [0.25, 0.3) is 22.3 Å². The summed E-state index contributed by atoms with van der Waals surface area (Å²) < 4.78 is 48.4. The molecule has 4 aromatic rings. The molecule has 4 rings (SSSR count). The van der Waals surface area contributed by atoms with Gasteiger partial charge in [0.15, 0.2) is 12.3 Å². The summed E-state index contributed by atoms with van der Waals surface area (Å²) in [5.74, 6) is -0.825. The van der Waals surface area contributed by atoms with Gasteiger partial charge in [-0.15, -0.1) is 0 Å². The maximum absolute atomic E-state index is 13.9. The van der Waals surface area contributed by atoms with Crippen molar-refractivity contribution in [2.24, 2.45) is 7.05 Å². The molecule has 2 heterocycles. The molecule has 0 aliphatic rings. The highest BCUT2D eigenvalue weighted by Crippen LogP contribution is 2.40. The molecular weight excluding hydrogens is 457 g/mol. The van der Waals surface area contributed by atoms with Gasteiger partial charge in [0.05, 0.1) is 10.9 Å². The largest absolute Gasteiger partial charge is 0.467 e. The molecule has 2 aromatic heterocycles. The number of halogens is 4. The van der Waals surface area contributed by atoms with E-state index < -0.39 is 24.3 Å². The predicted octanol–water partition coefficient (Wildman–Crippen LogP) is 5.00. The minimum atomic E-state index is -4.68. The lowest BCUT2D eigenvalue weighted by Crippen LogP contribution is -2.28. The smallest absolute Gasteiger partial charge is 0.417 e. The van der Waals surface area contributed by atoms with E-state index in [1.807, 2.05) is 0 Å². The third kappa shape index (κ3) is 5.09. The molecule has 0 unspecified atom stereocenters. The Morgan fingerprint density at radius 1 is 1.12 bits per heavy atom. The number of aryl methyl sites for hydroxylation is 1. The Kier molecular flexibility index (Phi) is 6.24. The second kappa shape index (κ2) is 9.11. The number of rotatable bonds is 6. The van der Waals surface area contributed by atoms with Crippen LogP contribution in [0, 0.1) is 0 Å². The van der Waals surface area contributed by atoms with Gasteiger partial charge in [0, 0.05) is 30.2 Å². The molecule has 0 bridgehead atoms. The lowest BCUT2D eigenvalue weighted by atomic mass is 10.0. The zero-order valence-electron chi connectivity index (χ0n) is 17.4. The van der Waals surface area contributed by atoms with E-state index in [-0.39, 0.29) is 29.2 Å². The van der Waals surface area contributed by atoms with Gasteiger partial charge in [-0.05, 0) is 17.7 Å². The first-order valence-corrected chi connectivity index (χ1v) is 10.2. The first-order valence-electron chi connectivity index (χ1n) is 9.86. The summed E-state index contributed by atoms with van der Waals surface area (Å²) in [6.45, 7) is -0.269. The van der Waals surface area contributed by atoms with Crippen LogP contribution >= 0.6 is 11.6 Å². The Morgan fingerprint density at radius 2 is 1.82 bits per heavy atom. The third-order valence-electron chi connectivity index (χ3n) is 4.88. The van der Waals surface area contributed by atoms with Crippen molar-refractivity contribution < 1.29 is 22.7 Å². The van der Waals surface area contributed by atoms with Crippen molar-refractivity contribution in [1.82, 2.24) is 20.1 Å². The molecule has 10 heteroatoms. The third-order valence-corrected chi connectivity index (χ3v) is 5.13. The standard InChI is InChI=1S/C23H18ClF3N4O2/c1-31-22-20(21(30-31)15-5-3-2-4-6-15)17(23(25,26)27)11-19(29-22)33-13-18(32)28-12-14-7-9-16(24)10-8-14/h2-11H,12-13H2,1H3,(H,28,32). The van der Waals surface area contributed by atoms with E-state index in [2.05, 4.69) is 15.4 Å². The molecular formula is C23H18ClF3N4O2. The van der Waals surface area contributed by atoms with Crippen molar-refractivity contribution in [3.8, 4) is 17.1 Å². The number of carbonyl (C=O) groups excluding carboxylic acids is 1. The summed E-state index contributed by atoms with van der Waals surface area (Å²) in [6, 6.07) is 16.2. The number of carbonyl (C=O) groups is 1. The molecule has 0 aliphatic heterocycles. The fourth-order valence-electron chi connectivity index (χ4n) is 3.31. The van der Waals surface area contributed by atoms with Crippen LogP contribution < -0.4 is 10.1 Å². The number of nitrogens with zero attached hydrogens (tertiary/aromatic N) is 3. The van der Waals surface area contributed by atoms with Crippen LogP contribution in [0.15, 0.2) is 60.7 Å². The van der Waals surface area contributed by atoms with Gasteiger partial charge in [0.25, 0.3) is 5.91 Å². The van der Waals surface area contributed by atoms with Crippen LogP contribution in [0.5, 0.6) is 5.88 Å². The van der Waals surface area contributed by atoms with Gasteiger partial charge in [-0.1, -0.05) is 54.1 Å². The van der Waals surface area contributed by atoms with Gasteiger partial charge in [-0.25, -0.2) is 4.68 Å². The topological polar surface area (TPSA) is 69.0 Å². The molecule has 0 radical (unpaired) electrons. The molecule has 1 N–H and O–H groups in total. The number of hydrogen-bond donors (Lipinski definition) is 1. The van der Waals surface area contributed by atoms with Crippen LogP contribution in [0.2, 0.25) is 5.02 Å². The summed E-state index contributed by atoms with van der Waals surface area (Å²) in [4.78, 5) is 16.3. The maximum Gasteiger partial charge on any atom is 0.417 e. The van der Waals surface area contributed by atoms with E-state index in [9.17, 15) is 18.0 Å². The minimum absolute atomic E-state index is 0.000232. The van der Waals surface area contributed by atoms with Crippen LogP contribution in [-0.4, -0.2) is 27.3 Å². The van der Waals surface area contributed by atoms with Crippen molar-refractivity contribution in [3.63, 3.8) is 0 Å². The second-order valence-corrected chi connectivity index (χ2v) is 7.67. The van der Waals surface area contributed by atoms with E-state index in [1.54, 1.807) is 54.6 Å². The first-order chi connectivity index (χ1) is 15.7. The van der Waals surface area contributed by atoms with Crippen LogP contribution in [0.1, 0.15) is 11.1 Å². The molecule has 2 aromatic carbocycles. The average molecular weight is 475 g/mol. The molecule has 0 spiro atoms. The number of benzene rings is 2. The number of amides is 1. The van der Waals surface area contributed by atoms with E-state index >= 15 is 0 Å². The van der Waals surface area contributed by atoms with Gasteiger partial charge in [0.1, 0.15) is 5.69 Å². The molecule has 6 nitrogen and oxygen atoms in total. The molecule has 0 fully saturated rings. The van der Waals surface area contributed by atoms with E-state index in [0.29, 0.717) is 10.6 Å². The fraction of sp³-hybridized carbons (Fsp3) is 0.174. The molecule has 0 atom stereocenters. The molecule has 170 valence electrons. The lowest BCUT2D eigenvalue weighted by Gasteiger charge is -2.12. The normalized spacial score (nSPS) is 11.5. The van der Waals surface area contributed by atoms with Gasteiger partial charge < -0.3 is 10.1 Å². The van der Waals surface area contributed by atoms with Gasteiger partial charge >= 0.3 is 6.18 Å². The number of aromatic nitrogens is 3.